The molecule has 0 heterocycles. The van der Waals surface area contributed by atoms with Crippen LogP contribution in [0.1, 0.15) is 74.7 Å². The van der Waals surface area contributed by atoms with Crippen molar-refractivity contribution in [2.24, 2.45) is 0 Å². The molecule has 0 atom stereocenters. The Morgan fingerprint density at radius 3 is 2.24 bits per heavy atom. The topological polar surface area (TPSA) is 26.3 Å². The minimum Gasteiger partial charge on any atom is -0.494 e. The van der Waals surface area contributed by atoms with Crippen LogP contribution in [0.3, 0.4) is 0 Å². The maximum Gasteiger partial charge on any atom is 0.185 e. The molecule has 0 spiro atoms. The molecule has 2 rings (SSSR count). The van der Waals surface area contributed by atoms with E-state index in [0.29, 0.717) is 0 Å². The number of ether oxygens (including phenoxy) is 1. The largest absolute Gasteiger partial charge is 0.494 e. The second-order valence-electron chi connectivity index (χ2n) is 7.26. The van der Waals surface area contributed by atoms with Crippen molar-refractivity contribution in [1.82, 2.24) is 0 Å². The lowest BCUT2D eigenvalue weighted by atomic mass is 10.1. The van der Waals surface area contributed by atoms with Crippen LogP contribution in [0.25, 0.3) is 6.08 Å². The number of allylic oxidation sites excluding steroid dienone is 1. The third-order valence-corrected chi connectivity index (χ3v) is 5.90. The maximum atomic E-state index is 12.4. The summed E-state index contributed by atoms with van der Waals surface area (Å²) in [6.07, 6.45) is 12.2. The molecule has 2 aromatic rings. The minimum atomic E-state index is 0.0282. The molecule has 29 heavy (non-hydrogen) atoms. The zero-order valence-electron chi connectivity index (χ0n) is 17.9. The number of thioether (sulfide) groups is 1. The van der Waals surface area contributed by atoms with Gasteiger partial charge in [-0.05, 0) is 66.6 Å². The molecule has 0 saturated carbocycles. The lowest BCUT2D eigenvalue weighted by Gasteiger charge is -2.06. The zero-order chi connectivity index (χ0) is 20.7. The van der Waals surface area contributed by atoms with Crippen LogP contribution in [-0.4, -0.2) is 18.1 Å². The van der Waals surface area contributed by atoms with Crippen molar-refractivity contribution in [3.05, 3.63) is 65.7 Å². The quantitative estimate of drug-likeness (QED) is 0.137. The second-order valence-corrected chi connectivity index (χ2v) is 8.42. The number of carbonyl (C=O) groups is 1. The molecular weight excluding hydrogens is 376 g/mol. The van der Waals surface area contributed by atoms with Gasteiger partial charge >= 0.3 is 0 Å². The van der Waals surface area contributed by atoms with Crippen LogP contribution in [-0.2, 0) is 0 Å². The highest BCUT2D eigenvalue weighted by molar-refractivity contribution is 7.99. The van der Waals surface area contributed by atoms with E-state index < -0.39 is 0 Å². The van der Waals surface area contributed by atoms with E-state index in [-0.39, 0.29) is 5.78 Å². The number of unbranched alkanes of at least 4 members (excludes halogenated alkanes) is 5. The average molecular weight is 411 g/mol. The summed E-state index contributed by atoms with van der Waals surface area (Å²) in [6, 6.07) is 15.8. The molecule has 0 N–H and O–H groups in total. The van der Waals surface area contributed by atoms with Crippen molar-refractivity contribution >= 4 is 23.6 Å². The van der Waals surface area contributed by atoms with E-state index in [4.69, 9.17) is 4.74 Å². The summed E-state index contributed by atoms with van der Waals surface area (Å²) >= 11 is 1.82. The molecule has 0 aliphatic carbocycles. The Morgan fingerprint density at radius 1 is 0.862 bits per heavy atom. The van der Waals surface area contributed by atoms with Crippen LogP contribution in [0, 0.1) is 0 Å². The molecule has 0 radical (unpaired) electrons. The Morgan fingerprint density at radius 2 is 1.55 bits per heavy atom. The van der Waals surface area contributed by atoms with Crippen molar-refractivity contribution in [3.8, 4) is 5.75 Å². The molecule has 0 aliphatic rings. The van der Waals surface area contributed by atoms with Crippen molar-refractivity contribution in [2.45, 2.75) is 63.7 Å². The van der Waals surface area contributed by atoms with E-state index in [1.54, 1.807) is 6.08 Å². The fourth-order valence-corrected chi connectivity index (χ4v) is 3.72. The number of carbonyl (C=O) groups excluding carboxylic acids is 1. The van der Waals surface area contributed by atoms with Gasteiger partial charge < -0.3 is 4.74 Å². The van der Waals surface area contributed by atoms with E-state index in [0.717, 1.165) is 42.1 Å². The summed E-state index contributed by atoms with van der Waals surface area (Å²) < 4.78 is 5.81. The zero-order valence-corrected chi connectivity index (χ0v) is 18.7. The van der Waals surface area contributed by atoms with Gasteiger partial charge in [0.2, 0.25) is 0 Å². The van der Waals surface area contributed by atoms with Crippen molar-refractivity contribution in [3.63, 3.8) is 0 Å². The lowest BCUT2D eigenvalue weighted by molar-refractivity contribution is 0.104. The minimum absolute atomic E-state index is 0.0282. The van der Waals surface area contributed by atoms with Crippen molar-refractivity contribution in [1.29, 1.82) is 0 Å². The number of benzene rings is 2. The first-order chi connectivity index (χ1) is 14.2. The summed E-state index contributed by atoms with van der Waals surface area (Å²) in [5.74, 6) is 2.02. The Labute approximate surface area is 180 Å². The van der Waals surface area contributed by atoms with Gasteiger partial charge in [-0.15, -0.1) is 11.8 Å². The first kappa shape index (κ1) is 23.3. The SMILES string of the molecule is CCCCCCCCOc1ccc(C=CC(=O)c2ccc(SCCC)cc2)cc1. The first-order valence-electron chi connectivity index (χ1n) is 10.9. The molecule has 156 valence electrons. The van der Waals surface area contributed by atoms with Gasteiger partial charge in [0.15, 0.2) is 5.78 Å². The molecule has 0 aliphatic heterocycles. The molecule has 0 amide bonds. The first-order valence-corrected chi connectivity index (χ1v) is 11.9. The summed E-state index contributed by atoms with van der Waals surface area (Å²) in [7, 11) is 0. The van der Waals surface area contributed by atoms with Crippen LogP contribution in [0.5, 0.6) is 5.75 Å². The third-order valence-electron chi connectivity index (χ3n) is 4.69. The summed E-state index contributed by atoms with van der Waals surface area (Å²) in [5, 5.41) is 0. The molecule has 0 aromatic heterocycles. The van der Waals surface area contributed by atoms with Gasteiger partial charge in [0.05, 0.1) is 6.61 Å². The predicted octanol–water partition coefficient (Wildman–Crippen LogP) is 7.82. The molecule has 0 saturated heterocycles. The Kier molecular flexibility index (Phi) is 11.3. The molecule has 3 heteroatoms. The van der Waals surface area contributed by atoms with E-state index in [1.807, 2.05) is 66.4 Å². The molecule has 0 unspecified atom stereocenters. The van der Waals surface area contributed by atoms with Gasteiger partial charge in [-0.1, -0.05) is 64.2 Å². The van der Waals surface area contributed by atoms with Crippen LogP contribution in [0.2, 0.25) is 0 Å². The molecule has 2 nitrogen and oxygen atoms in total. The Balaban J connectivity index is 1.75. The average Bonchev–Trinajstić information content (AvgIpc) is 2.76. The fraction of sp³-hybridized carbons (Fsp3) is 0.423. The highest BCUT2D eigenvalue weighted by atomic mass is 32.2. The van der Waals surface area contributed by atoms with Crippen LogP contribution < -0.4 is 4.74 Å². The number of hydrogen-bond donors (Lipinski definition) is 0. The van der Waals surface area contributed by atoms with Crippen LogP contribution >= 0.6 is 11.8 Å². The highest BCUT2D eigenvalue weighted by Gasteiger charge is 2.02. The normalized spacial score (nSPS) is 11.1. The second kappa shape index (κ2) is 14.1. The fourth-order valence-electron chi connectivity index (χ4n) is 2.95. The van der Waals surface area contributed by atoms with Gasteiger partial charge in [0.1, 0.15) is 5.75 Å². The van der Waals surface area contributed by atoms with Gasteiger partial charge in [0.25, 0.3) is 0 Å². The number of ketones is 1. The summed E-state index contributed by atoms with van der Waals surface area (Å²) in [4.78, 5) is 13.6. The highest BCUT2D eigenvalue weighted by Crippen LogP contribution is 2.20. The Hall–Kier alpha value is -2.00. The molecule has 0 fully saturated rings. The molecule has 0 bridgehead atoms. The standard InChI is InChI=1S/C26H34O2S/c1-3-5-6-7-8-9-20-28-24-15-10-22(11-16-24)12-19-26(27)23-13-17-25(18-14-23)29-21-4-2/h10-19H,3-9,20-21H2,1-2H3. The summed E-state index contributed by atoms with van der Waals surface area (Å²) in [5.41, 5.74) is 1.72. The van der Waals surface area contributed by atoms with Gasteiger partial charge in [0, 0.05) is 10.5 Å². The lowest BCUT2D eigenvalue weighted by Crippen LogP contribution is -1.97. The third kappa shape index (κ3) is 9.36. The van der Waals surface area contributed by atoms with E-state index in [2.05, 4.69) is 13.8 Å². The van der Waals surface area contributed by atoms with E-state index in [1.165, 1.54) is 37.0 Å². The van der Waals surface area contributed by atoms with E-state index in [9.17, 15) is 4.79 Å². The summed E-state index contributed by atoms with van der Waals surface area (Å²) in [6.45, 7) is 5.18. The predicted molar refractivity (Wildman–Crippen MR) is 126 cm³/mol. The van der Waals surface area contributed by atoms with Crippen LogP contribution in [0.4, 0.5) is 0 Å². The maximum absolute atomic E-state index is 12.4. The molecule has 2 aromatic carbocycles. The van der Waals surface area contributed by atoms with Gasteiger partial charge in [-0.25, -0.2) is 0 Å². The van der Waals surface area contributed by atoms with Crippen LogP contribution in [0.15, 0.2) is 59.5 Å². The Bertz CT molecular complexity index is 732. The molecular formula is C26H34O2S. The number of hydrogen-bond acceptors (Lipinski definition) is 3. The van der Waals surface area contributed by atoms with E-state index >= 15 is 0 Å². The smallest absolute Gasteiger partial charge is 0.185 e. The monoisotopic (exact) mass is 410 g/mol. The van der Waals surface area contributed by atoms with Gasteiger partial charge in [-0.3, -0.25) is 4.79 Å². The van der Waals surface area contributed by atoms with Crippen molar-refractivity contribution < 1.29 is 9.53 Å². The number of rotatable bonds is 14. The van der Waals surface area contributed by atoms with Crippen molar-refractivity contribution in [2.75, 3.05) is 12.4 Å². The van der Waals surface area contributed by atoms with Gasteiger partial charge in [-0.2, -0.15) is 0 Å².